The Morgan fingerprint density at radius 1 is 1.07 bits per heavy atom. The molecule has 0 aromatic heterocycles. The summed E-state index contributed by atoms with van der Waals surface area (Å²) in [7, 11) is -1.92. The Kier molecular flexibility index (Phi) is 5.65. The van der Waals surface area contributed by atoms with Crippen LogP contribution >= 0.6 is 0 Å². The van der Waals surface area contributed by atoms with Crippen LogP contribution in [0.4, 0.5) is 0 Å². The lowest BCUT2D eigenvalue weighted by atomic mass is 9.56. The van der Waals surface area contributed by atoms with Gasteiger partial charge in [-0.2, -0.15) is 0 Å². The Morgan fingerprint density at radius 3 is 2.30 bits per heavy atom. The van der Waals surface area contributed by atoms with Crippen molar-refractivity contribution in [3.8, 4) is 0 Å². The van der Waals surface area contributed by atoms with Crippen molar-refractivity contribution >= 4 is 8.32 Å². The van der Waals surface area contributed by atoms with Crippen molar-refractivity contribution in [2.45, 2.75) is 136 Å². The first-order valence-electron chi connectivity index (χ1n) is 15.1. The van der Waals surface area contributed by atoms with Crippen LogP contribution in [0.3, 0.4) is 0 Å². The van der Waals surface area contributed by atoms with E-state index < -0.39 is 27.6 Å². The molecule has 2 aliphatic rings. The molecule has 0 bridgehead atoms. The van der Waals surface area contributed by atoms with Gasteiger partial charge in [0.15, 0.2) is 8.32 Å². The van der Waals surface area contributed by atoms with Crippen LogP contribution in [0.2, 0.25) is 18.1 Å². The van der Waals surface area contributed by atoms with Crippen molar-refractivity contribution in [1.82, 2.24) is 0 Å². The van der Waals surface area contributed by atoms with Crippen LogP contribution in [0, 0.1) is 22.7 Å². The van der Waals surface area contributed by atoms with Crippen molar-refractivity contribution in [3.05, 3.63) is 0 Å². The molecule has 2 aliphatic carbocycles. The molecule has 178 valence electrons. The molecule has 0 amide bonds. The maximum Gasteiger partial charge on any atom is 0.192 e. The molecule has 2 N–H and O–H groups in total. The molecule has 2 saturated carbocycles. The van der Waals surface area contributed by atoms with E-state index in [1.165, 1.54) is 0 Å². The first kappa shape index (κ1) is 18.5. The average Bonchev–Trinajstić information content (AvgIpc) is 3.04. The summed E-state index contributed by atoms with van der Waals surface area (Å²) in [6.45, 7) is 10.1. The minimum atomic E-state index is -2.99. The molecule has 30 heavy (non-hydrogen) atoms. The summed E-state index contributed by atoms with van der Waals surface area (Å²) < 4.78 is 53.1. The van der Waals surface area contributed by atoms with Gasteiger partial charge < -0.3 is 14.6 Å². The summed E-state index contributed by atoms with van der Waals surface area (Å²) in [5, 5.41) is 20.9. The lowest BCUT2D eigenvalue weighted by Crippen LogP contribution is -2.51. The van der Waals surface area contributed by atoms with E-state index in [1.54, 1.807) is 0 Å². The molecule has 5 atom stereocenters. The standard InChI is InChI=1S/C26H52O3Si/c1-23(2,3)30(8,9)29-21-12-10-17-26(7)20(21)13-14-22(26)25(6,18-19-27)16-11-15-24(4,5)28/h20-22,27-28H,10-19H2,1-9H3/t20?,21?,22?,25-,26+/m1/s1/i4D3,5D3. The van der Waals surface area contributed by atoms with Crippen LogP contribution < -0.4 is 0 Å². The van der Waals surface area contributed by atoms with E-state index in [4.69, 9.17) is 12.7 Å². The van der Waals surface area contributed by atoms with E-state index in [2.05, 4.69) is 47.7 Å². The Bertz CT molecular complexity index is 733. The fourth-order valence-corrected chi connectivity index (χ4v) is 7.83. The zero-order valence-electron chi connectivity index (χ0n) is 26.6. The molecular weight excluding hydrogens is 388 g/mol. The predicted molar refractivity (Wildman–Crippen MR) is 130 cm³/mol. The molecule has 3 unspecified atom stereocenters. The highest BCUT2D eigenvalue weighted by molar-refractivity contribution is 6.74. The van der Waals surface area contributed by atoms with E-state index in [0.29, 0.717) is 24.7 Å². The number of aliphatic hydroxyl groups excluding tert-OH is 1. The highest BCUT2D eigenvalue weighted by atomic mass is 28.4. The molecular formula is C26H52O3Si. The molecule has 0 radical (unpaired) electrons. The number of rotatable bonds is 9. The molecule has 0 heterocycles. The molecule has 2 rings (SSSR count). The fraction of sp³-hybridized carbons (Fsp3) is 1.00. The van der Waals surface area contributed by atoms with Gasteiger partial charge in [-0.1, -0.05) is 47.5 Å². The third-order valence-electron chi connectivity index (χ3n) is 9.13. The van der Waals surface area contributed by atoms with Crippen LogP contribution in [0.25, 0.3) is 0 Å². The van der Waals surface area contributed by atoms with Crippen molar-refractivity contribution in [2.24, 2.45) is 22.7 Å². The van der Waals surface area contributed by atoms with Gasteiger partial charge in [-0.3, -0.25) is 0 Å². The van der Waals surface area contributed by atoms with Gasteiger partial charge in [0, 0.05) is 20.9 Å². The Labute approximate surface area is 196 Å². The second-order valence-electron chi connectivity index (χ2n) is 12.4. The molecule has 2 fully saturated rings. The predicted octanol–water partition coefficient (Wildman–Crippen LogP) is 6.92. The second kappa shape index (κ2) is 9.15. The summed E-state index contributed by atoms with van der Waals surface area (Å²) in [6.07, 6.45) is 6.76. The number of hydrogen-bond donors (Lipinski definition) is 2. The molecule has 0 saturated heterocycles. The van der Waals surface area contributed by atoms with Gasteiger partial charge in [-0.15, -0.1) is 0 Å². The van der Waals surface area contributed by atoms with E-state index in [-0.39, 0.29) is 41.4 Å². The Balaban J connectivity index is 2.26. The lowest BCUT2D eigenvalue weighted by Gasteiger charge is -2.52. The third kappa shape index (κ3) is 5.71. The van der Waals surface area contributed by atoms with Crippen LogP contribution in [0.5, 0.6) is 0 Å². The van der Waals surface area contributed by atoms with Crippen molar-refractivity contribution in [1.29, 1.82) is 0 Å². The molecule has 4 heteroatoms. The van der Waals surface area contributed by atoms with Crippen LogP contribution in [0.15, 0.2) is 0 Å². The van der Waals surface area contributed by atoms with Gasteiger partial charge in [0.25, 0.3) is 0 Å². The summed E-state index contributed by atoms with van der Waals surface area (Å²) in [4.78, 5) is 0. The molecule has 0 aromatic carbocycles. The SMILES string of the molecule is [2H]C([2H])([2H])C(O)(CCC[C@](C)(CCO)C1CCC2C(O[Si](C)(C)C(C)(C)C)CCC[C@@]21C)C([2H])([2H])[2H]. The maximum absolute atomic E-state index is 10.7. The Hall–Kier alpha value is 0.0969. The van der Waals surface area contributed by atoms with Gasteiger partial charge in [0.05, 0.1) is 5.60 Å². The average molecular weight is 447 g/mol. The van der Waals surface area contributed by atoms with Crippen molar-refractivity contribution in [3.63, 3.8) is 0 Å². The quantitative estimate of drug-likeness (QED) is 0.378. The minimum absolute atomic E-state index is 0.0282. The van der Waals surface area contributed by atoms with Gasteiger partial charge >= 0.3 is 0 Å². The normalized spacial score (nSPS) is 36.5. The molecule has 0 aromatic rings. The minimum Gasteiger partial charge on any atom is -0.414 e. The summed E-state index contributed by atoms with van der Waals surface area (Å²) in [6, 6.07) is 0. The van der Waals surface area contributed by atoms with E-state index in [0.717, 1.165) is 32.1 Å². The third-order valence-corrected chi connectivity index (χ3v) is 13.6. The van der Waals surface area contributed by atoms with Crippen molar-refractivity contribution < 1.29 is 22.9 Å². The lowest BCUT2D eigenvalue weighted by molar-refractivity contribution is -0.0511. The van der Waals surface area contributed by atoms with Crippen LogP contribution in [0.1, 0.15) is 114 Å². The highest BCUT2D eigenvalue weighted by Crippen LogP contribution is 2.63. The van der Waals surface area contributed by atoms with E-state index >= 15 is 0 Å². The van der Waals surface area contributed by atoms with E-state index in [1.807, 2.05) is 0 Å². The highest BCUT2D eigenvalue weighted by Gasteiger charge is 2.57. The first-order valence-corrected chi connectivity index (χ1v) is 15.0. The van der Waals surface area contributed by atoms with Gasteiger partial charge in [-0.05, 0) is 99.4 Å². The van der Waals surface area contributed by atoms with Gasteiger partial charge in [0.2, 0.25) is 0 Å². The molecule has 0 spiro atoms. The number of hydrogen-bond acceptors (Lipinski definition) is 3. The zero-order valence-corrected chi connectivity index (χ0v) is 21.6. The largest absolute Gasteiger partial charge is 0.414 e. The maximum atomic E-state index is 10.7. The fourth-order valence-electron chi connectivity index (χ4n) is 6.44. The summed E-state index contributed by atoms with van der Waals surface area (Å²) in [5.41, 5.74) is -2.95. The topological polar surface area (TPSA) is 49.7 Å². The monoisotopic (exact) mass is 446 g/mol. The first-order chi connectivity index (χ1) is 16.1. The number of aliphatic hydroxyl groups is 2. The number of fused-ring (bicyclic) bond motifs is 1. The molecule has 3 nitrogen and oxygen atoms in total. The summed E-state index contributed by atoms with van der Waals surface area (Å²) >= 11 is 0. The zero-order chi connectivity index (χ0) is 28.0. The smallest absolute Gasteiger partial charge is 0.192 e. The van der Waals surface area contributed by atoms with Crippen LogP contribution in [-0.2, 0) is 4.43 Å². The Morgan fingerprint density at radius 2 is 1.73 bits per heavy atom. The van der Waals surface area contributed by atoms with Gasteiger partial charge in [-0.25, -0.2) is 0 Å². The van der Waals surface area contributed by atoms with Crippen molar-refractivity contribution in [2.75, 3.05) is 6.61 Å². The molecule has 0 aliphatic heterocycles. The van der Waals surface area contributed by atoms with Gasteiger partial charge in [0.1, 0.15) is 0 Å². The summed E-state index contributed by atoms with van der Waals surface area (Å²) in [5.74, 6) is 0.770. The van der Waals surface area contributed by atoms with Crippen LogP contribution in [-0.4, -0.2) is 36.8 Å². The van der Waals surface area contributed by atoms with E-state index in [9.17, 15) is 10.2 Å². The second-order valence-corrected chi connectivity index (χ2v) is 17.1.